The predicted octanol–water partition coefficient (Wildman–Crippen LogP) is 0.352. The summed E-state index contributed by atoms with van der Waals surface area (Å²) in [6, 6.07) is 0.117. The molecule has 0 radical (unpaired) electrons. The second-order valence-electron chi connectivity index (χ2n) is 3.31. The van der Waals surface area contributed by atoms with Gasteiger partial charge in [0.15, 0.2) is 0 Å². The number of nitrogens with zero attached hydrogens (tertiary/aromatic N) is 1. The number of carbonyl (C=O) groups is 2. The van der Waals surface area contributed by atoms with Gasteiger partial charge in [0.2, 0.25) is 5.91 Å². The highest BCUT2D eigenvalue weighted by Gasteiger charge is 2.18. The van der Waals surface area contributed by atoms with Gasteiger partial charge in [0.05, 0.1) is 6.20 Å². The van der Waals surface area contributed by atoms with Gasteiger partial charge in [-0.05, 0) is 11.6 Å². The highest BCUT2D eigenvalue weighted by Crippen LogP contribution is 2.04. The van der Waals surface area contributed by atoms with Crippen molar-refractivity contribution in [2.24, 2.45) is 0 Å². The van der Waals surface area contributed by atoms with Crippen molar-refractivity contribution in [3.8, 4) is 0 Å². The lowest BCUT2D eigenvalue weighted by molar-refractivity contribution is -0.141. The van der Waals surface area contributed by atoms with E-state index in [1.54, 1.807) is 0 Å². The molecular weight excluding hydrogens is 215 g/mol. The first kappa shape index (κ1) is 12.1. The highest BCUT2D eigenvalue weighted by atomic mass is 19.1. The second kappa shape index (κ2) is 5.20. The van der Waals surface area contributed by atoms with E-state index in [1.165, 1.54) is 19.2 Å². The van der Waals surface area contributed by atoms with Crippen LogP contribution >= 0.6 is 0 Å². The summed E-state index contributed by atoms with van der Waals surface area (Å²) in [6.07, 6.45) is 2.39. The van der Waals surface area contributed by atoms with Crippen LogP contribution in [0, 0.1) is 5.82 Å². The average Bonchev–Trinajstić information content (AvgIpc) is 2.15. The van der Waals surface area contributed by atoms with Gasteiger partial charge in [-0.2, -0.15) is 0 Å². The maximum atomic E-state index is 12.8. The number of aromatic nitrogens is 1. The van der Waals surface area contributed by atoms with Crippen molar-refractivity contribution >= 4 is 11.9 Å². The van der Waals surface area contributed by atoms with Gasteiger partial charge < -0.3 is 10.4 Å². The molecule has 0 saturated heterocycles. The molecule has 1 atom stereocenters. The minimum atomic E-state index is -1.17. The van der Waals surface area contributed by atoms with E-state index >= 15 is 0 Å². The Morgan fingerprint density at radius 1 is 1.56 bits per heavy atom. The summed E-state index contributed by atoms with van der Waals surface area (Å²) >= 11 is 0. The normalized spacial score (nSPS) is 11.9. The van der Waals surface area contributed by atoms with Crippen LogP contribution in [0.5, 0.6) is 0 Å². The monoisotopic (exact) mass is 226 g/mol. The topological polar surface area (TPSA) is 79.3 Å². The van der Waals surface area contributed by atoms with Crippen LogP contribution in [0.2, 0.25) is 0 Å². The number of amides is 1. The number of nitrogens with one attached hydrogen (secondary N) is 1. The van der Waals surface area contributed by atoms with E-state index < -0.39 is 23.7 Å². The van der Waals surface area contributed by atoms with Crippen molar-refractivity contribution in [3.63, 3.8) is 0 Å². The van der Waals surface area contributed by atoms with E-state index in [0.717, 1.165) is 6.20 Å². The molecule has 0 aromatic carbocycles. The summed E-state index contributed by atoms with van der Waals surface area (Å²) < 4.78 is 12.8. The zero-order chi connectivity index (χ0) is 12.1. The summed E-state index contributed by atoms with van der Waals surface area (Å²) in [6.45, 7) is 1.22. The molecule has 1 unspecified atom stereocenters. The fourth-order valence-corrected chi connectivity index (χ4v) is 1.25. The minimum Gasteiger partial charge on any atom is -0.480 e. The molecule has 6 heteroatoms. The van der Waals surface area contributed by atoms with Crippen LogP contribution < -0.4 is 5.32 Å². The van der Waals surface area contributed by atoms with Gasteiger partial charge in [0, 0.05) is 19.5 Å². The fraction of sp³-hybridized carbons (Fsp3) is 0.300. The number of aliphatic carboxylic acids is 1. The number of halogens is 1. The van der Waals surface area contributed by atoms with Crippen LogP contribution in [0.1, 0.15) is 12.5 Å². The van der Waals surface area contributed by atoms with Crippen LogP contribution in [-0.2, 0) is 16.0 Å². The molecule has 1 aromatic heterocycles. The van der Waals surface area contributed by atoms with Crippen LogP contribution in [-0.4, -0.2) is 28.0 Å². The van der Waals surface area contributed by atoms with Crippen molar-refractivity contribution in [3.05, 3.63) is 29.8 Å². The molecule has 0 spiro atoms. The molecule has 0 saturated carbocycles. The SMILES string of the molecule is CC(=O)NC(Cc1cncc(F)c1)C(=O)O. The summed E-state index contributed by atoms with van der Waals surface area (Å²) in [7, 11) is 0. The molecule has 0 fully saturated rings. The molecule has 0 aliphatic rings. The molecule has 0 bridgehead atoms. The molecule has 1 rings (SSSR count). The van der Waals surface area contributed by atoms with E-state index in [0.29, 0.717) is 5.56 Å². The number of rotatable bonds is 4. The lowest BCUT2D eigenvalue weighted by atomic mass is 10.1. The van der Waals surface area contributed by atoms with Crippen LogP contribution in [0.3, 0.4) is 0 Å². The number of hydrogen-bond acceptors (Lipinski definition) is 3. The molecule has 5 nitrogen and oxygen atoms in total. The lowest BCUT2D eigenvalue weighted by Gasteiger charge is -2.12. The molecule has 86 valence electrons. The maximum Gasteiger partial charge on any atom is 0.326 e. The Morgan fingerprint density at radius 2 is 2.25 bits per heavy atom. The first-order valence-electron chi connectivity index (χ1n) is 4.58. The van der Waals surface area contributed by atoms with Gasteiger partial charge >= 0.3 is 5.97 Å². The van der Waals surface area contributed by atoms with E-state index in [-0.39, 0.29) is 6.42 Å². The smallest absolute Gasteiger partial charge is 0.326 e. The number of carbonyl (C=O) groups excluding carboxylic acids is 1. The van der Waals surface area contributed by atoms with Gasteiger partial charge in [-0.3, -0.25) is 9.78 Å². The molecule has 16 heavy (non-hydrogen) atoms. The third-order valence-corrected chi connectivity index (χ3v) is 1.88. The molecular formula is C10H11FN2O3. The van der Waals surface area contributed by atoms with E-state index in [4.69, 9.17) is 5.11 Å². The summed E-state index contributed by atoms with van der Waals surface area (Å²) in [4.78, 5) is 25.1. The van der Waals surface area contributed by atoms with Crippen molar-refractivity contribution in [2.75, 3.05) is 0 Å². The Balaban J connectivity index is 2.75. The van der Waals surface area contributed by atoms with Crippen molar-refractivity contribution in [1.29, 1.82) is 0 Å². The van der Waals surface area contributed by atoms with Crippen LogP contribution in [0.25, 0.3) is 0 Å². The summed E-state index contributed by atoms with van der Waals surface area (Å²) in [5.41, 5.74) is 0.418. The predicted molar refractivity (Wildman–Crippen MR) is 53.1 cm³/mol. The Kier molecular flexibility index (Phi) is 3.93. The first-order chi connectivity index (χ1) is 7.49. The van der Waals surface area contributed by atoms with Crippen LogP contribution in [0.15, 0.2) is 18.5 Å². The Morgan fingerprint density at radius 3 is 2.75 bits per heavy atom. The largest absolute Gasteiger partial charge is 0.480 e. The molecule has 2 N–H and O–H groups in total. The first-order valence-corrected chi connectivity index (χ1v) is 4.58. The molecule has 1 heterocycles. The third kappa shape index (κ3) is 3.64. The fourth-order valence-electron chi connectivity index (χ4n) is 1.25. The zero-order valence-corrected chi connectivity index (χ0v) is 8.61. The van der Waals surface area contributed by atoms with Crippen molar-refractivity contribution in [1.82, 2.24) is 10.3 Å². The van der Waals surface area contributed by atoms with Crippen LogP contribution in [0.4, 0.5) is 4.39 Å². The van der Waals surface area contributed by atoms with Crippen molar-refractivity contribution in [2.45, 2.75) is 19.4 Å². The quantitative estimate of drug-likeness (QED) is 0.776. The van der Waals surface area contributed by atoms with Crippen molar-refractivity contribution < 1.29 is 19.1 Å². The van der Waals surface area contributed by atoms with Gasteiger partial charge in [-0.1, -0.05) is 0 Å². The second-order valence-corrected chi connectivity index (χ2v) is 3.31. The molecule has 0 aliphatic heterocycles. The van der Waals surface area contributed by atoms with E-state index in [9.17, 15) is 14.0 Å². The Labute approximate surface area is 91.3 Å². The van der Waals surface area contributed by atoms with E-state index in [2.05, 4.69) is 10.3 Å². The number of carboxylic acids is 1. The Hall–Kier alpha value is -1.98. The Bertz CT molecular complexity index is 409. The number of pyridine rings is 1. The zero-order valence-electron chi connectivity index (χ0n) is 8.61. The number of hydrogen-bond donors (Lipinski definition) is 2. The lowest BCUT2D eigenvalue weighted by Crippen LogP contribution is -2.41. The molecule has 1 aromatic rings. The van der Waals surface area contributed by atoms with Gasteiger partial charge in [0.25, 0.3) is 0 Å². The summed E-state index contributed by atoms with van der Waals surface area (Å²) in [5.74, 6) is -2.15. The highest BCUT2D eigenvalue weighted by molar-refractivity contribution is 5.82. The molecule has 1 amide bonds. The van der Waals surface area contributed by atoms with Gasteiger partial charge in [-0.15, -0.1) is 0 Å². The standard InChI is InChI=1S/C10H11FN2O3/c1-6(14)13-9(10(15)16)3-7-2-8(11)5-12-4-7/h2,4-5,9H,3H2,1H3,(H,13,14)(H,15,16). The average molecular weight is 226 g/mol. The van der Waals surface area contributed by atoms with Gasteiger partial charge in [-0.25, -0.2) is 9.18 Å². The van der Waals surface area contributed by atoms with E-state index in [1.807, 2.05) is 0 Å². The molecule has 0 aliphatic carbocycles. The number of carboxylic acid groups (broad SMARTS) is 1. The summed E-state index contributed by atoms with van der Waals surface area (Å²) in [5, 5.41) is 11.1. The maximum absolute atomic E-state index is 12.8. The third-order valence-electron chi connectivity index (χ3n) is 1.88. The van der Waals surface area contributed by atoms with Gasteiger partial charge in [0.1, 0.15) is 11.9 Å². The minimum absolute atomic E-state index is 0.000324.